The van der Waals surface area contributed by atoms with E-state index >= 15 is 0 Å². The lowest BCUT2D eigenvalue weighted by Crippen LogP contribution is -2.55. The number of aliphatic hydroxyl groups excluding tert-OH is 9. The minimum absolute atomic E-state index is 0.00662. The van der Waals surface area contributed by atoms with E-state index in [4.69, 9.17) is 37.9 Å². The Morgan fingerprint density at radius 2 is 0.963 bits per heavy atom. The number of unbranched alkanes of at least 4 members (excludes halogenated alkanes) is 4. The Balaban J connectivity index is 0.000000642. The lowest BCUT2D eigenvalue weighted by molar-refractivity contribution is -0.282. The second-order valence-corrected chi connectivity index (χ2v) is 33.0. The zero-order valence-electron chi connectivity index (χ0n) is 67.3. The molecule has 5 amide bonds. The first-order chi connectivity index (χ1) is 52.3. The Morgan fingerprint density at radius 3 is 1.45 bits per heavy atom. The molecule has 3 heterocycles. The summed E-state index contributed by atoms with van der Waals surface area (Å²) in [6.45, 7) is 17.5. The molecule has 28 nitrogen and oxygen atoms in total. The van der Waals surface area contributed by atoms with E-state index in [0.717, 1.165) is 40.9 Å². The van der Waals surface area contributed by atoms with Crippen LogP contribution >= 0.6 is 0 Å². The maximum Gasteiger partial charge on any atom is 0.245 e. The van der Waals surface area contributed by atoms with Gasteiger partial charge in [-0.15, -0.1) is 0 Å². The Labute approximate surface area is 649 Å². The third-order valence-electron chi connectivity index (χ3n) is 25.5. The van der Waals surface area contributed by atoms with Crippen LogP contribution in [0.15, 0.2) is 0 Å². The monoisotopic (exact) mass is 1560 g/mol. The second kappa shape index (κ2) is 49.3. The molecule has 13 N–H and O–H groups in total. The SMILES string of the molecule is CCC(=O)CCCOCCOCCC(=O)NC(CCCCNC(=O)CCCCOC1OC(CO)C(O)C(O)C1C)C(=O)N(CCNC(=O)CCCCOC1OC(CO)C(O)C(O)C1C)CCNC(=O)CCCCOC1OC(CO)C(O)C(O)C1C.CCC[C@@H](C)[C@H]1CCC2C3CCC4CCCC[C@]4(C)C3CC[C@@]21C. The van der Waals surface area contributed by atoms with Crippen LogP contribution in [0.4, 0.5) is 0 Å². The molecular weight excluding hydrogens is 1410 g/mol. The van der Waals surface area contributed by atoms with Crippen molar-refractivity contribution < 1.29 is 113 Å². The van der Waals surface area contributed by atoms with Crippen molar-refractivity contribution >= 4 is 35.3 Å². The second-order valence-electron chi connectivity index (χ2n) is 33.0. The van der Waals surface area contributed by atoms with E-state index in [0.29, 0.717) is 82.7 Å². The number of carbonyl (C=O) groups is 6. The molecule has 4 saturated carbocycles. The molecule has 632 valence electrons. The van der Waals surface area contributed by atoms with E-state index in [1.54, 1.807) is 79.1 Å². The van der Waals surface area contributed by atoms with E-state index in [9.17, 15) is 74.7 Å². The van der Waals surface area contributed by atoms with Crippen molar-refractivity contribution in [3.63, 3.8) is 0 Å². The summed E-state index contributed by atoms with van der Waals surface area (Å²) >= 11 is 0. The van der Waals surface area contributed by atoms with E-state index in [1.807, 2.05) is 0 Å². The highest BCUT2D eigenvalue weighted by molar-refractivity contribution is 5.88. The zero-order valence-corrected chi connectivity index (χ0v) is 67.3. The standard InChI is InChI=1S/C57H103N5O23.C24H42/c1-5-39(66)15-14-26-78-31-32-79-30-20-47(70)61-40(16-6-10-21-58-44(67)17-7-11-27-80-55-36(2)48(71)51(74)41(33-63)83-55)54(77)62(24-22-59-45(68)18-8-12-28-81-56-37(3)49(72)52(75)42(34-64)84-56)25-23-60-46(69)19-9-13-29-82-57-38(4)50(73)53(76)43(35-65)85-57;1-5-8-17(2)20-12-13-21-19-11-10-18-9-6-7-15-23(18,3)22(19)14-16-24(20,21)4/h36-38,40-43,48-53,55-57,63-65,71-76H,5-35H2,1-4H3,(H,58,67)(H,59,68)(H,60,69)(H,61,70);17-22H,5-16H2,1-4H3/t;17-,18?,19?,20-,21?,22?,23+,24-/m.1/s1. The largest absolute Gasteiger partial charge is 0.394 e. The number of rotatable bonds is 48. The van der Waals surface area contributed by atoms with Crippen molar-refractivity contribution in [2.45, 2.75) is 315 Å². The predicted molar refractivity (Wildman–Crippen MR) is 406 cm³/mol. The Morgan fingerprint density at radius 1 is 0.477 bits per heavy atom. The van der Waals surface area contributed by atoms with E-state index in [-0.39, 0.29) is 128 Å². The molecule has 20 unspecified atom stereocenters. The number of aliphatic hydroxyl groups is 9. The summed E-state index contributed by atoms with van der Waals surface area (Å²) in [5.41, 5.74) is 1.41. The van der Waals surface area contributed by atoms with Gasteiger partial charge in [0.25, 0.3) is 0 Å². The third kappa shape index (κ3) is 28.6. The van der Waals surface area contributed by atoms with Crippen molar-refractivity contribution in [1.82, 2.24) is 26.2 Å². The fourth-order valence-electron chi connectivity index (χ4n) is 18.7. The van der Waals surface area contributed by atoms with Crippen LogP contribution < -0.4 is 21.3 Å². The number of ketones is 1. The minimum atomic E-state index is -1.26. The Hall–Kier alpha value is -3.66. The van der Waals surface area contributed by atoms with Gasteiger partial charge >= 0.3 is 0 Å². The maximum atomic E-state index is 14.5. The number of ether oxygens (including phenoxy) is 8. The van der Waals surface area contributed by atoms with Crippen LogP contribution in [0, 0.1) is 64.1 Å². The van der Waals surface area contributed by atoms with Crippen molar-refractivity contribution in [2.24, 2.45) is 64.1 Å². The summed E-state index contributed by atoms with van der Waals surface area (Å²) in [6.07, 6.45) is 11.2. The average Bonchev–Trinajstić information content (AvgIpc) is 1.66. The summed E-state index contributed by atoms with van der Waals surface area (Å²) in [7, 11) is 0. The summed E-state index contributed by atoms with van der Waals surface area (Å²) in [4.78, 5) is 79.8. The van der Waals surface area contributed by atoms with Gasteiger partial charge in [0, 0.05) is 115 Å². The number of amides is 5. The highest BCUT2D eigenvalue weighted by Crippen LogP contribution is 2.68. The number of hydrogen-bond acceptors (Lipinski definition) is 23. The molecule has 28 heteroatoms. The lowest BCUT2D eigenvalue weighted by Gasteiger charge is -2.61. The van der Waals surface area contributed by atoms with Gasteiger partial charge in [-0.3, -0.25) is 28.8 Å². The lowest BCUT2D eigenvalue weighted by atomic mass is 9.44. The first-order valence-electron chi connectivity index (χ1n) is 42.1. The highest BCUT2D eigenvalue weighted by Gasteiger charge is 2.60. The maximum absolute atomic E-state index is 14.5. The van der Waals surface area contributed by atoms with Gasteiger partial charge in [-0.25, -0.2) is 0 Å². The molecule has 4 aliphatic carbocycles. The Bertz CT molecular complexity index is 2570. The van der Waals surface area contributed by atoms with Crippen LogP contribution in [0.2, 0.25) is 0 Å². The van der Waals surface area contributed by atoms with Gasteiger partial charge < -0.3 is 110 Å². The predicted octanol–water partition coefficient (Wildman–Crippen LogP) is 5.26. The zero-order chi connectivity index (χ0) is 79.6. The fourth-order valence-corrected chi connectivity index (χ4v) is 18.7. The van der Waals surface area contributed by atoms with E-state index < -0.39 is 129 Å². The molecule has 7 fully saturated rings. The Kier molecular flexibility index (Phi) is 42.6. The van der Waals surface area contributed by atoms with Gasteiger partial charge in [0.05, 0.1) is 58.0 Å². The van der Waals surface area contributed by atoms with E-state index in [2.05, 4.69) is 49.0 Å². The summed E-state index contributed by atoms with van der Waals surface area (Å²) in [6, 6.07) is -1.04. The van der Waals surface area contributed by atoms with Gasteiger partial charge in [-0.05, 0) is 162 Å². The molecule has 0 aromatic carbocycles. The van der Waals surface area contributed by atoms with Crippen molar-refractivity contribution in [3.05, 3.63) is 0 Å². The molecule has 0 radical (unpaired) electrons. The van der Waals surface area contributed by atoms with Crippen LogP contribution in [0.5, 0.6) is 0 Å². The normalized spacial score (nSPS) is 33.4. The molecule has 109 heavy (non-hydrogen) atoms. The van der Waals surface area contributed by atoms with Gasteiger partial charge in [0.15, 0.2) is 18.9 Å². The van der Waals surface area contributed by atoms with Gasteiger partial charge in [0.1, 0.15) is 48.4 Å². The first-order valence-corrected chi connectivity index (χ1v) is 42.1. The van der Waals surface area contributed by atoms with Crippen molar-refractivity contribution in [3.8, 4) is 0 Å². The van der Waals surface area contributed by atoms with Crippen molar-refractivity contribution in [1.29, 1.82) is 0 Å². The summed E-state index contributed by atoms with van der Waals surface area (Å²) in [5.74, 6) is 3.02. The smallest absolute Gasteiger partial charge is 0.245 e. The fraction of sp³-hybridized carbons (Fsp3) is 0.926. The van der Waals surface area contributed by atoms with Crippen LogP contribution in [-0.2, 0) is 66.7 Å². The van der Waals surface area contributed by atoms with Crippen LogP contribution in [0.25, 0.3) is 0 Å². The third-order valence-corrected chi connectivity index (χ3v) is 25.5. The van der Waals surface area contributed by atoms with Gasteiger partial charge in [0.2, 0.25) is 29.5 Å². The van der Waals surface area contributed by atoms with Crippen LogP contribution in [0.1, 0.15) is 235 Å². The highest BCUT2D eigenvalue weighted by atomic mass is 16.7. The van der Waals surface area contributed by atoms with E-state index in [1.165, 1.54) is 30.6 Å². The summed E-state index contributed by atoms with van der Waals surface area (Å²) < 4.78 is 45.2. The topological polar surface area (TPSA) is 410 Å². The molecular formula is C81H145N5O23. The number of nitrogens with zero attached hydrogens (tertiary/aromatic N) is 1. The molecule has 24 atom stereocenters. The molecule has 7 rings (SSSR count). The van der Waals surface area contributed by atoms with Crippen molar-refractivity contribution in [2.75, 3.05) is 98.8 Å². The number of Topliss-reactive ketones (excluding diaryl/α,β-unsaturated/α-hetero) is 1. The molecule has 3 aliphatic heterocycles. The minimum Gasteiger partial charge on any atom is -0.394 e. The van der Waals surface area contributed by atoms with Gasteiger partial charge in [-0.2, -0.15) is 0 Å². The molecule has 0 bridgehead atoms. The van der Waals surface area contributed by atoms with Gasteiger partial charge in [-0.1, -0.05) is 81.1 Å². The number of nitrogens with one attached hydrogen (secondary N) is 4. The molecule has 0 spiro atoms. The van der Waals surface area contributed by atoms with Crippen LogP contribution in [0.3, 0.4) is 0 Å². The molecule has 3 saturated heterocycles. The molecule has 7 aliphatic rings. The number of hydrogen-bond donors (Lipinski definition) is 13. The summed E-state index contributed by atoms with van der Waals surface area (Å²) in [5, 5.41) is 101. The van der Waals surface area contributed by atoms with Crippen LogP contribution in [-0.4, -0.2) is 265 Å². The number of carbonyl (C=O) groups excluding carboxylic acids is 6. The molecule has 0 aromatic heterocycles. The first kappa shape index (κ1) is 94.2. The number of fused-ring (bicyclic) bond motifs is 5. The average molecular weight is 1560 g/mol. The molecule has 0 aromatic rings. The quantitative estimate of drug-likeness (QED) is 0.0345.